The predicted molar refractivity (Wildman–Crippen MR) is 39.2 cm³/mol. The fourth-order valence-electron chi connectivity index (χ4n) is 0.981. The van der Waals surface area contributed by atoms with Crippen molar-refractivity contribution in [3.8, 4) is 0 Å². The lowest BCUT2D eigenvalue weighted by molar-refractivity contribution is -0.110. The van der Waals surface area contributed by atoms with Crippen LogP contribution in [0.2, 0.25) is 0 Å². The number of aliphatic hydroxyl groups is 1. The van der Waals surface area contributed by atoms with Crippen LogP contribution >= 0.6 is 0 Å². The van der Waals surface area contributed by atoms with Gasteiger partial charge in [-0.2, -0.15) is 0 Å². The molecule has 0 aromatic heterocycles. The van der Waals surface area contributed by atoms with E-state index in [1.54, 1.807) is 0 Å². The molecule has 1 N–H and O–H groups in total. The lowest BCUT2D eigenvalue weighted by Gasteiger charge is -2.25. The van der Waals surface area contributed by atoms with Gasteiger partial charge in [0.2, 0.25) is 0 Å². The molecule has 2 atom stereocenters. The Morgan fingerprint density at radius 1 is 1.80 bits per heavy atom. The van der Waals surface area contributed by atoms with Crippen molar-refractivity contribution in [1.82, 2.24) is 0 Å². The topological polar surface area (TPSA) is 29.5 Å². The Morgan fingerprint density at radius 3 is 3.00 bits per heavy atom. The van der Waals surface area contributed by atoms with Gasteiger partial charge < -0.3 is 9.84 Å². The summed E-state index contributed by atoms with van der Waals surface area (Å²) in [6.07, 6.45) is 3.28. The molecule has 2 unspecified atom stereocenters. The van der Waals surface area contributed by atoms with Crippen LogP contribution in [0.4, 0.5) is 0 Å². The molecule has 0 fully saturated rings. The van der Waals surface area contributed by atoms with Gasteiger partial charge in [-0.3, -0.25) is 0 Å². The zero-order valence-corrected chi connectivity index (χ0v) is 6.50. The molecule has 0 saturated carbocycles. The summed E-state index contributed by atoms with van der Waals surface area (Å²) in [6.45, 7) is 4.00. The number of aliphatic hydroxyl groups excluding tert-OH is 1. The van der Waals surface area contributed by atoms with E-state index in [2.05, 4.69) is 6.08 Å². The van der Waals surface area contributed by atoms with E-state index in [0.717, 1.165) is 18.6 Å². The minimum Gasteiger partial charge on any atom is -0.470 e. The van der Waals surface area contributed by atoms with Crippen molar-refractivity contribution in [3.05, 3.63) is 11.8 Å². The molecule has 1 aliphatic heterocycles. The SMILES string of the molecule is CCC1=CCC(C)C(O)O1. The maximum Gasteiger partial charge on any atom is 0.199 e. The molecule has 0 amide bonds. The smallest absolute Gasteiger partial charge is 0.199 e. The van der Waals surface area contributed by atoms with Crippen molar-refractivity contribution in [1.29, 1.82) is 0 Å². The fraction of sp³-hybridized carbons (Fsp3) is 0.750. The molecule has 1 rings (SSSR count). The number of allylic oxidation sites excluding steroid dienone is 2. The van der Waals surface area contributed by atoms with Crippen molar-refractivity contribution in [2.75, 3.05) is 0 Å². The third-order valence-electron chi connectivity index (χ3n) is 1.82. The monoisotopic (exact) mass is 142 g/mol. The highest BCUT2D eigenvalue weighted by Crippen LogP contribution is 2.21. The molecule has 0 spiro atoms. The van der Waals surface area contributed by atoms with E-state index < -0.39 is 6.29 Å². The van der Waals surface area contributed by atoms with Crippen LogP contribution in [-0.2, 0) is 4.74 Å². The Balaban J connectivity index is 2.52. The van der Waals surface area contributed by atoms with Crippen molar-refractivity contribution >= 4 is 0 Å². The van der Waals surface area contributed by atoms with Crippen molar-refractivity contribution < 1.29 is 9.84 Å². The predicted octanol–water partition coefficient (Wildman–Crippen LogP) is 1.66. The van der Waals surface area contributed by atoms with Gasteiger partial charge in [0.15, 0.2) is 6.29 Å². The second kappa shape index (κ2) is 3.06. The van der Waals surface area contributed by atoms with E-state index in [1.165, 1.54) is 0 Å². The average Bonchev–Trinajstić information content (AvgIpc) is 1.95. The molecule has 0 saturated heterocycles. The van der Waals surface area contributed by atoms with Gasteiger partial charge in [-0.25, -0.2) is 0 Å². The summed E-state index contributed by atoms with van der Waals surface area (Å²) in [5.74, 6) is 1.17. The highest BCUT2D eigenvalue weighted by molar-refractivity contribution is 4.97. The summed E-state index contributed by atoms with van der Waals surface area (Å²) in [4.78, 5) is 0. The number of hydrogen-bond acceptors (Lipinski definition) is 2. The van der Waals surface area contributed by atoms with Gasteiger partial charge in [0.05, 0.1) is 5.76 Å². The lowest BCUT2D eigenvalue weighted by atomic mass is 10.0. The molecule has 1 aliphatic rings. The number of rotatable bonds is 1. The molecule has 1 heterocycles. The largest absolute Gasteiger partial charge is 0.470 e. The summed E-state index contributed by atoms with van der Waals surface area (Å²) in [5.41, 5.74) is 0. The average molecular weight is 142 g/mol. The van der Waals surface area contributed by atoms with Crippen molar-refractivity contribution in [2.45, 2.75) is 33.0 Å². The van der Waals surface area contributed by atoms with Gasteiger partial charge in [0.1, 0.15) is 0 Å². The highest BCUT2D eigenvalue weighted by Gasteiger charge is 2.19. The van der Waals surface area contributed by atoms with Crippen LogP contribution in [0.5, 0.6) is 0 Å². The third kappa shape index (κ3) is 1.51. The molecule has 0 aromatic carbocycles. The molecule has 0 aromatic rings. The van der Waals surface area contributed by atoms with E-state index in [-0.39, 0.29) is 5.92 Å². The Hall–Kier alpha value is -0.500. The highest BCUT2D eigenvalue weighted by atomic mass is 16.6. The Bertz CT molecular complexity index is 140. The van der Waals surface area contributed by atoms with E-state index >= 15 is 0 Å². The van der Waals surface area contributed by atoms with E-state index in [0.29, 0.717) is 0 Å². The maximum absolute atomic E-state index is 9.22. The van der Waals surface area contributed by atoms with Crippen LogP contribution in [-0.4, -0.2) is 11.4 Å². The van der Waals surface area contributed by atoms with Gasteiger partial charge >= 0.3 is 0 Å². The molecule has 2 nitrogen and oxygen atoms in total. The third-order valence-corrected chi connectivity index (χ3v) is 1.82. The minimum atomic E-state index is -0.583. The van der Waals surface area contributed by atoms with Crippen LogP contribution in [0.3, 0.4) is 0 Å². The first kappa shape index (κ1) is 7.61. The van der Waals surface area contributed by atoms with Crippen LogP contribution < -0.4 is 0 Å². The van der Waals surface area contributed by atoms with Crippen molar-refractivity contribution in [2.24, 2.45) is 5.92 Å². The Kier molecular flexibility index (Phi) is 2.33. The van der Waals surface area contributed by atoms with Gasteiger partial charge in [0, 0.05) is 12.3 Å². The van der Waals surface area contributed by atoms with Crippen molar-refractivity contribution in [3.63, 3.8) is 0 Å². The molecule has 10 heavy (non-hydrogen) atoms. The molecule has 0 aliphatic carbocycles. The van der Waals surface area contributed by atoms with Gasteiger partial charge in [-0.1, -0.05) is 13.8 Å². The molecular weight excluding hydrogens is 128 g/mol. The molecular formula is C8H14O2. The fourth-order valence-corrected chi connectivity index (χ4v) is 0.981. The minimum absolute atomic E-state index is 0.246. The summed E-state index contributed by atoms with van der Waals surface area (Å²) < 4.78 is 5.16. The van der Waals surface area contributed by atoms with Crippen LogP contribution in [0, 0.1) is 5.92 Å². The number of ether oxygens (including phenoxy) is 1. The zero-order valence-electron chi connectivity index (χ0n) is 6.50. The first-order chi connectivity index (χ1) is 4.74. The Morgan fingerprint density at radius 2 is 2.50 bits per heavy atom. The van der Waals surface area contributed by atoms with Crippen LogP contribution in [0.15, 0.2) is 11.8 Å². The molecule has 58 valence electrons. The molecule has 2 heteroatoms. The molecule has 0 bridgehead atoms. The maximum atomic E-state index is 9.22. The van der Waals surface area contributed by atoms with Crippen LogP contribution in [0.1, 0.15) is 26.7 Å². The van der Waals surface area contributed by atoms with E-state index in [4.69, 9.17) is 4.74 Å². The van der Waals surface area contributed by atoms with Gasteiger partial charge in [0.25, 0.3) is 0 Å². The lowest BCUT2D eigenvalue weighted by Crippen LogP contribution is -2.23. The van der Waals surface area contributed by atoms with E-state index in [1.807, 2.05) is 13.8 Å². The summed E-state index contributed by atoms with van der Waals surface area (Å²) in [5, 5.41) is 9.22. The Labute approximate surface area is 61.5 Å². The second-order valence-electron chi connectivity index (χ2n) is 2.75. The van der Waals surface area contributed by atoms with Gasteiger partial charge in [-0.05, 0) is 12.5 Å². The summed E-state index contributed by atoms with van der Waals surface area (Å²) >= 11 is 0. The van der Waals surface area contributed by atoms with E-state index in [9.17, 15) is 5.11 Å². The quantitative estimate of drug-likeness (QED) is 0.603. The standard InChI is InChI=1S/C8H14O2/c1-3-7-5-4-6(2)8(9)10-7/h5-6,8-9H,3-4H2,1-2H3. The van der Waals surface area contributed by atoms with Crippen LogP contribution in [0.25, 0.3) is 0 Å². The van der Waals surface area contributed by atoms with Gasteiger partial charge in [-0.15, -0.1) is 0 Å². The summed E-state index contributed by atoms with van der Waals surface area (Å²) in [6, 6.07) is 0. The normalized spacial score (nSPS) is 32.9. The number of hydrogen-bond donors (Lipinski definition) is 1. The second-order valence-corrected chi connectivity index (χ2v) is 2.75. The summed E-state index contributed by atoms with van der Waals surface area (Å²) in [7, 11) is 0. The molecule has 0 radical (unpaired) electrons. The first-order valence-electron chi connectivity index (χ1n) is 3.77. The zero-order chi connectivity index (χ0) is 7.56. The first-order valence-corrected chi connectivity index (χ1v) is 3.77.